The van der Waals surface area contributed by atoms with E-state index in [4.69, 9.17) is 9.40 Å². The molecule has 8 heteroatoms. The molecule has 0 bridgehead atoms. The predicted molar refractivity (Wildman–Crippen MR) is 144 cm³/mol. The minimum Gasteiger partial charge on any atom is -0.439 e. The van der Waals surface area contributed by atoms with Crippen LogP contribution in [-0.2, 0) is 11.3 Å². The van der Waals surface area contributed by atoms with Crippen LogP contribution in [0.3, 0.4) is 0 Å². The van der Waals surface area contributed by atoms with E-state index in [0.29, 0.717) is 36.0 Å². The molecule has 1 aromatic heterocycles. The Labute approximate surface area is 220 Å². The second-order valence-corrected chi connectivity index (χ2v) is 9.67. The largest absolute Gasteiger partial charge is 0.439 e. The highest BCUT2D eigenvalue weighted by molar-refractivity contribution is 5.93. The van der Waals surface area contributed by atoms with E-state index in [0.717, 1.165) is 48.6 Å². The lowest BCUT2D eigenvalue weighted by Gasteiger charge is -2.33. The van der Waals surface area contributed by atoms with Gasteiger partial charge in [0.2, 0.25) is 11.8 Å². The second-order valence-electron chi connectivity index (χ2n) is 9.67. The predicted octanol–water partition coefficient (Wildman–Crippen LogP) is 5.66. The van der Waals surface area contributed by atoms with E-state index in [9.17, 15) is 13.6 Å². The van der Waals surface area contributed by atoms with Crippen molar-refractivity contribution in [2.24, 2.45) is 0 Å². The first-order valence-corrected chi connectivity index (χ1v) is 12.7. The molecule has 0 atom stereocenters. The maximum absolute atomic E-state index is 13.5. The number of hydrogen-bond acceptors (Lipinski definition) is 5. The van der Waals surface area contributed by atoms with Crippen molar-refractivity contribution >= 4 is 11.6 Å². The molecule has 4 aromatic rings. The number of carbonyl (C=O) groups is 1. The number of oxazole rings is 1. The van der Waals surface area contributed by atoms with Crippen LogP contribution in [0.5, 0.6) is 0 Å². The van der Waals surface area contributed by atoms with Crippen LogP contribution < -0.4 is 5.32 Å². The molecule has 3 aromatic carbocycles. The zero-order valence-electron chi connectivity index (χ0n) is 21.5. The van der Waals surface area contributed by atoms with E-state index in [1.165, 1.54) is 24.3 Å². The van der Waals surface area contributed by atoms with Crippen molar-refractivity contribution in [3.05, 3.63) is 95.4 Å². The number of amides is 1. The number of nitrogens with one attached hydrogen (secondary N) is 1. The van der Waals surface area contributed by atoms with E-state index in [1.54, 1.807) is 24.3 Å². The first-order valence-electron chi connectivity index (χ1n) is 12.7. The molecule has 38 heavy (non-hydrogen) atoms. The van der Waals surface area contributed by atoms with Crippen LogP contribution in [0.1, 0.15) is 17.0 Å². The molecule has 0 unspecified atom stereocenters. The number of benzene rings is 3. The summed E-state index contributed by atoms with van der Waals surface area (Å²) in [7, 11) is 0. The number of halogens is 2. The third-order valence-electron chi connectivity index (χ3n) is 6.83. The first-order chi connectivity index (χ1) is 18.4. The van der Waals surface area contributed by atoms with Crippen molar-refractivity contribution in [3.8, 4) is 22.6 Å². The van der Waals surface area contributed by atoms with Gasteiger partial charge in [0.15, 0.2) is 5.76 Å². The van der Waals surface area contributed by atoms with Crippen LogP contribution in [0.4, 0.5) is 14.5 Å². The molecule has 0 radical (unpaired) electrons. The molecule has 1 aliphatic heterocycles. The highest BCUT2D eigenvalue weighted by Gasteiger charge is 2.23. The molecule has 0 saturated carbocycles. The summed E-state index contributed by atoms with van der Waals surface area (Å²) >= 11 is 0. The summed E-state index contributed by atoms with van der Waals surface area (Å²) in [4.78, 5) is 21.8. The smallest absolute Gasteiger partial charge is 0.238 e. The van der Waals surface area contributed by atoms with Gasteiger partial charge in [-0.2, -0.15) is 0 Å². The Bertz CT molecular complexity index is 1330. The first kappa shape index (κ1) is 25.8. The molecule has 1 fully saturated rings. The summed E-state index contributed by atoms with van der Waals surface area (Å²) in [6.45, 7) is 7.84. The molecule has 1 saturated heterocycles. The van der Waals surface area contributed by atoms with Crippen LogP contribution in [0.2, 0.25) is 0 Å². The molecule has 0 spiro atoms. The molecule has 196 valence electrons. The van der Waals surface area contributed by atoms with Crippen molar-refractivity contribution in [3.63, 3.8) is 0 Å². The lowest BCUT2D eigenvalue weighted by atomic mass is 10.1. The topological polar surface area (TPSA) is 61.6 Å². The lowest BCUT2D eigenvalue weighted by molar-refractivity contribution is -0.117. The lowest BCUT2D eigenvalue weighted by Crippen LogP contribution is -2.48. The molecular weight excluding hydrogens is 486 g/mol. The minimum absolute atomic E-state index is 0.0172. The van der Waals surface area contributed by atoms with Crippen molar-refractivity contribution in [1.29, 1.82) is 0 Å². The van der Waals surface area contributed by atoms with E-state index < -0.39 is 0 Å². The SMILES string of the molecule is Cc1cccc(C)c1NC(=O)CN1CCN(Cc2nc(-c3ccc(F)cc3)c(-c3ccc(F)cc3)o2)CC1. The van der Waals surface area contributed by atoms with E-state index in [-0.39, 0.29) is 17.5 Å². The van der Waals surface area contributed by atoms with Crippen molar-refractivity contribution in [2.75, 3.05) is 38.0 Å². The minimum atomic E-state index is -0.336. The van der Waals surface area contributed by atoms with Crippen LogP contribution >= 0.6 is 0 Å². The molecule has 0 aliphatic carbocycles. The Morgan fingerprint density at radius 3 is 2.00 bits per heavy atom. The van der Waals surface area contributed by atoms with Gasteiger partial charge < -0.3 is 9.73 Å². The number of hydrogen-bond donors (Lipinski definition) is 1. The van der Waals surface area contributed by atoms with Gasteiger partial charge in [0.25, 0.3) is 0 Å². The van der Waals surface area contributed by atoms with E-state index in [1.807, 2.05) is 32.0 Å². The highest BCUT2D eigenvalue weighted by Crippen LogP contribution is 2.33. The summed E-state index contributed by atoms with van der Waals surface area (Å²) in [5.74, 6) is 0.369. The van der Waals surface area contributed by atoms with Crippen LogP contribution in [0.15, 0.2) is 71.1 Å². The fourth-order valence-electron chi connectivity index (χ4n) is 4.72. The monoisotopic (exact) mass is 516 g/mol. The highest BCUT2D eigenvalue weighted by atomic mass is 19.1. The van der Waals surface area contributed by atoms with Crippen LogP contribution in [0.25, 0.3) is 22.6 Å². The van der Waals surface area contributed by atoms with Crippen LogP contribution in [0, 0.1) is 25.5 Å². The van der Waals surface area contributed by atoms with Gasteiger partial charge in [0, 0.05) is 43.0 Å². The zero-order valence-corrected chi connectivity index (χ0v) is 21.5. The molecule has 1 amide bonds. The molecule has 2 heterocycles. The van der Waals surface area contributed by atoms with E-state index in [2.05, 4.69) is 15.1 Å². The molecule has 5 rings (SSSR count). The van der Waals surface area contributed by atoms with Gasteiger partial charge in [0.05, 0.1) is 13.1 Å². The number of carbonyl (C=O) groups excluding carboxylic acids is 1. The third-order valence-corrected chi connectivity index (χ3v) is 6.83. The fraction of sp³-hybridized carbons (Fsp3) is 0.267. The molecular formula is C30H30F2N4O2. The average molecular weight is 517 g/mol. The Morgan fingerprint density at radius 2 is 1.39 bits per heavy atom. The Kier molecular flexibility index (Phi) is 7.62. The zero-order chi connectivity index (χ0) is 26.6. The Balaban J connectivity index is 1.23. The van der Waals surface area contributed by atoms with E-state index >= 15 is 0 Å². The Hall–Kier alpha value is -3.88. The van der Waals surface area contributed by atoms with Gasteiger partial charge >= 0.3 is 0 Å². The molecule has 1 N–H and O–H groups in total. The number of piperazine rings is 1. The summed E-state index contributed by atoms with van der Waals surface area (Å²) in [6.07, 6.45) is 0. The van der Waals surface area contributed by atoms with Gasteiger partial charge in [-0.15, -0.1) is 0 Å². The summed E-state index contributed by atoms with van der Waals surface area (Å²) in [5.41, 5.74) is 5.00. The molecule has 6 nitrogen and oxygen atoms in total. The summed E-state index contributed by atoms with van der Waals surface area (Å²) in [6, 6.07) is 18.1. The van der Waals surface area contributed by atoms with Crippen molar-refractivity contribution in [2.45, 2.75) is 20.4 Å². The van der Waals surface area contributed by atoms with Gasteiger partial charge in [0.1, 0.15) is 17.3 Å². The normalized spacial score (nSPS) is 14.5. The van der Waals surface area contributed by atoms with Crippen molar-refractivity contribution < 1.29 is 18.0 Å². The average Bonchev–Trinajstić information content (AvgIpc) is 3.32. The van der Waals surface area contributed by atoms with Gasteiger partial charge in [-0.25, -0.2) is 13.8 Å². The maximum Gasteiger partial charge on any atom is 0.238 e. The Morgan fingerprint density at radius 1 is 0.842 bits per heavy atom. The standard InChI is InChI=1S/C30H30F2N4O2/c1-20-4-3-5-21(2)28(20)33-26(37)18-35-14-16-36(17-15-35)19-27-34-29(22-6-10-24(31)11-7-22)30(38-27)23-8-12-25(32)13-9-23/h3-13H,14-19H2,1-2H3,(H,33,37). The number of aryl methyl sites for hydroxylation is 2. The second kappa shape index (κ2) is 11.2. The van der Waals surface area contributed by atoms with Gasteiger partial charge in [-0.1, -0.05) is 18.2 Å². The fourth-order valence-corrected chi connectivity index (χ4v) is 4.72. The number of aromatic nitrogens is 1. The maximum atomic E-state index is 13.5. The summed E-state index contributed by atoms with van der Waals surface area (Å²) < 4.78 is 33.2. The third kappa shape index (κ3) is 5.98. The van der Waals surface area contributed by atoms with Crippen molar-refractivity contribution in [1.82, 2.24) is 14.8 Å². The number of para-hydroxylation sites is 1. The number of anilines is 1. The van der Waals surface area contributed by atoms with Crippen LogP contribution in [-0.4, -0.2) is 53.4 Å². The molecule has 1 aliphatic rings. The number of rotatable bonds is 7. The summed E-state index contributed by atoms with van der Waals surface area (Å²) in [5, 5.41) is 3.06. The van der Waals surface area contributed by atoms with Gasteiger partial charge in [-0.3, -0.25) is 14.6 Å². The van der Waals surface area contributed by atoms with Gasteiger partial charge in [-0.05, 0) is 73.5 Å². The quantitative estimate of drug-likeness (QED) is 0.344. The number of nitrogens with zero attached hydrogens (tertiary/aromatic N) is 3.